The molecule has 0 aliphatic carbocycles. The summed E-state index contributed by atoms with van der Waals surface area (Å²) in [6, 6.07) is -0.509. The lowest BCUT2D eigenvalue weighted by Crippen LogP contribution is -2.65. The van der Waals surface area contributed by atoms with Crippen molar-refractivity contribution in [3.63, 3.8) is 0 Å². The standard InChI is InChI=1S/C45H76N2O15/c1-25-22-31(20-21-48)41(62-44-39(51)38(47(10)11)40(28(4)58-44)61-37-24-45(7,53)43(52)29(5)57-37)42(54-12)34(59-30(6)49)23-35(50)55-26(2)16-14-13-15-17-33(25)60-36-19-18-32(46(8)9)27(3)56-36/h13-15,17,21,25-29,31-34,36-44,51-53H,16,18-20,22-24H2,1-12H3/b14-13+,17-15+/t25-,26-,27+,28-,29+,31-,32+,33+,34-,36+,37+,38-,39-,40-,41-,42+,43+,44+,45-/m1/s1. The number of carbonyl (C=O) groups excluding carboxylic acids is 3. The second-order valence-corrected chi connectivity index (χ2v) is 18.4. The van der Waals surface area contributed by atoms with E-state index in [0.717, 1.165) is 12.7 Å². The molecule has 17 heteroatoms. The number of aliphatic hydroxyl groups excluding tert-OH is 2. The number of esters is 2. The van der Waals surface area contributed by atoms with Crippen LogP contribution in [0.5, 0.6) is 0 Å². The van der Waals surface area contributed by atoms with E-state index in [1.807, 2.05) is 52.2 Å². The third-order valence-corrected chi connectivity index (χ3v) is 12.7. The Morgan fingerprint density at radius 2 is 1.60 bits per heavy atom. The second-order valence-electron chi connectivity index (χ2n) is 18.4. The molecule has 0 aromatic rings. The van der Waals surface area contributed by atoms with Crippen LogP contribution in [0, 0.1) is 11.8 Å². The van der Waals surface area contributed by atoms with Crippen molar-refractivity contribution < 1.29 is 72.3 Å². The van der Waals surface area contributed by atoms with E-state index in [1.165, 1.54) is 21.0 Å². The normalized spacial score (nSPS) is 44.0. The second kappa shape index (κ2) is 23.7. The van der Waals surface area contributed by atoms with Crippen LogP contribution in [0.3, 0.4) is 0 Å². The third kappa shape index (κ3) is 14.1. The van der Waals surface area contributed by atoms with Gasteiger partial charge < -0.3 is 72.5 Å². The maximum atomic E-state index is 13.4. The Morgan fingerprint density at radius 3 is 2.19 bits per heavy atom. The minimum atomic E-state index is -1.49. The molecule has 3 saturated heterocycles. The van der Waals surface area contributed by atoms with Crippen LogP contribution in [0.25, 0.3) is 0 Å². The van der Waals surface area contributed by atoms with Crippen molar-refractivity contribution in [2.75, 3.05) is 35.3 Å². The van der Waals surface area contributed by atoms with Gasteiger partial charge in [0.15, 0.2) is 18.9 Å². The molecule has 0 spiro atoms. The minimum absolute atomic E-state index is 0.0293. The molecule has 4 aliphatic rings. The maximum absolute atomic E-state index is 13.4. The maximum Gasteiger partial charge on any atom is 0.309 e. The van der Waals surface area contributed by atoms with Gasteiger partial charge in [0.25, 0.3) is 0 Å². The van der Waals surface area contributed by atoms with Crippen molar-refractivity contribution in [1.82, 2.24) is 9.80 Å². The zero-order chi connectivity index (χ0) is 46.1. The first kappa shape index (κ1) is 52.2. The van der Waals surface area contributed by atoms with E-state index in [4.69, 9.17) is 42.6 Å². The molecule has 3 fully saturated rings. The van der Waals surface area contributed by atoms with Crippen molar-refractivity contribution >= 4 is 18.2 Å². The lowest BCUT2D eigenvalue weighted by Gasteiger charge is -2.50. The zero-order valence-electron chi connectivity index (χ0n) is 38.9. The number of carbonyl (C=O) groups is 3. The monoisotopic (exact) mass is 885 g/mol. The summed E-state index contributed by atoms with van der Waals surface area (Å²) in [5.41, 5.74) is -1.49. The summed E-state index contributed by atoms with van der Waals surface area (Å²) >= 11 is 0. The molecule has 0 saturated carbocycles. The molecule has 0 bridgehead atoms. The molecular weight excluding hydrogens is 808 g/mol. The average molecular weight is 885 g/mol. The Hall–Kier alpha value is -2.39. The molecule has 0 aromatic heterocycles. The van der Waals surface area contributed by atoms with Gasteiger partial charge in [-0.05, 0) is 93.9 Å². The van der Waals surface area contributed by atoms with Crippen LogP contribution < -0.4 is 0 Å². The Labute approximate surface area is 368 Å². The average Bonchev–Trinajstić information content (AvgIpc) is 3.16. The van der Waals surface area contributed by atoms with Crippen LogP contribution in [-0.4, -0.2) is 182 Å². The number of aliphatic hydroxyl groups is 3. The first-order chi connectivity index (χ1) is 29.2. The number of hydrogen-bond donors (Lipinski definition) is 3. The predicted molar refractivity (Wildman–Crippen MR) is 226 cm³/mol. The van der Waals surface area contributed by atoms with Gasteiger partial charge in [-0.15, -0.1) is 0 Å². The van der Waals surface area contributed by atoms with Crippen LogP contribution in [0.4, 0.5) is 0 Å². The number of allylic oxidation sites excluding steroid dienone is 2. The van der Waals surface area contributed by atoms with Crippen molar-refractivity contribution in [3.8, 4) is 0 Å². The fourth-order valence-corrected chi connectivity index (χ4v) is 9.40. The van der Waals surface area contributed by atoms with Gasteiger partial charge in [0, 0.05) is 39.3 Å². The highest BCUT2D eigenvalue weighted by atomic mass is 16.7. The molecule has 356 valence electrons. The fraction of sp³-hybridized carbons (Fsp3) is 0.844. The molecule has 19 atom stereocenters. The highest BCUT2D eigenvalue weighted by molar-refractivity contribution is 5.72. The Morgan fingerprint density at radius 1 is 0.903 bits per heavy atom. The van der Waals surface area contributed by atoms with E-state index in [0.29, 0.717) is 19.3 Å². The quantitative estimate of drug-likeness (QED) is 0.191. The van der Waals surface area contributed by atoms with Crippen LogP contribution in [-0.2, 0) is 57.0 Å². The van der Waals surface area contributed by atoms with Gasteiger partial charge >= 0.3 is 11.9 Å². The van der Waals surface area contributed by atoms with E-state index in [9.17, 15) is 29.7 Å². The van der Waals surface area contributed by atoms with Crippen molar-refractivity contribution in [2.45, 2.75) is 197 Å². The summed E-state index contributed by atoms with van der Waals surface area (Å²) < 4.78 is 56.3. The smallest absolute Gasteiger partial charge is 0.309 e. The zero-order valence-corrected chi connectivity index (χ0v) is 38.9. The van der Waals surface area contributed by atoms with Crippen LogP contribution in [0.15, 0.2) is 24.3 Å². The summed E-state index contributed by atoms with van der Waals surface area (Å²) in [6.45, 7) is 12.0. The van der Waals surface area contributed by atoms with Crippen LogP contribution in [0.1, 0.15) is 93.4 Å². The summed E-state index contributed by atoms with van der Waals surface area (Å²) in [5, 5.41) is 33.6. The summed E-state index contributed by atoms with van der Waals surface area (Å²) in [6.07, 6.45) is -1.81. The highest BCUT2D eigenvalue weighted by Crippen LogP contribution is 2.38. The minimum Gasteiger partial charge on any atom is -0.462 e. The Bertz CT molecular complexity index is 1480. The Balaban J connectivity index is 1.73. The third-order valence-electron chi connectivity index (χ3n) is 12.7. The number of methoxy groups -OCH3 is 1. The highest BCUT2D eigenvalue weighted by Gasteiger charge is 2.52. The SMILES string of the molecule is CO[C@@H]1[C@H](O[C@@H]2O[C@H](C)[C@@H](O[C@H]3C[C@@](C)(O)[C@@H](O)[C@H](C)O3)[C@H](N(C)C)[C@H]2O)[C@H](CC=O)C[C@@H](C)[C@@H](O[C@H]2CC[C@H](N(C)C)[C@H](C)O2)/C=C/C=C/C[C@@H](C)OC(=O)C[C@H]1OC(C)=O. The van der Waals surface area contributed by atoms with E-state index in [-0.39, 0.29) is 37.3 Å². The van der Waals surface area contributed by atoms with Crippen molar-refractivity contribution in [3.05, 3.63) is 24.3 Å². The summed E-state index contributed by atoms with van der Waals surface area (Å²) in [7, 11) is 9.02. The van der Waals surface area contributed by atoms with E-state index < -0.39 is 109 Å². The molecule has 17 nitrogen and oxygen atoms in total. The number of ether oxygens (including phenoxy) is 9. The van der Waals surface area contributed by atoms with Gasteiger partial charge in [-0.25, -0.2) is 0 Å². The predicted octanol–water partition coefficient (Wildman–Crippen LogP) is 2.90. The van der Waals surface area contributed by atoms with E-state index in [1.54, 1.807) is 39.8 Å². The van der Waals surface area contributed by atoms with Gasteiger partial charge in [-0.2, -0.15) is 0 Å². The fourth-order valence-electron chi connectivity index (χ4n) is 9.40. The molecule has 62 heavy (non-hydrogen) atoms. The molecule has 0 radical (unpaired) electrons. The van der Waals surface area contributed by atoms with Crippen molar-refractivity contribution in [2.24, 2.45) is 11.8 Å². The number of aldehydes is 1. The molecule has 4 heterocycles. The lowest BCUT2D eigenvalue weighted by molar-refractivity contribution is -0.344. The van der Waals surface area contributed by atoms with Crippen molar-refractivity contribution in [1.29, 1.82) is 0 Å². The number of hydrogen-bond acceptors (Lipinski definition) is 17. The molecule has 0 amide bonds. The molecular formula is C45H76N2O15. The number of rotatable bonds is 12. The first-order valence-electron chi connectivity index (χ1n) is 22.2. The van der Waals surface area contributed by atoms with Crippen LogP contribution in [0.2, 0.25) is 0 Å². The number of likely N-dealkylation sites (N-methyl/N-ethyl adjacent to an activating group) is 2. The van der Waals surface area contributed by atoms with Crippen LogP contribution >= 0.6 is 0 Å². The van der Waals surface area contributed by atoms with Gasteiger partial charge in [0.2, 0.25) is 0 Å². The molecule has 4 rings (SSSR count). The van der Waals surface area contributed by atoms with Gasteiger partial charge in [-0.3, -0.25) is 9.59 Å². The lowest BCUT2D eigenvalue weighted by atomic mass is 9.82. The van der Waals surface area contributed by atoms with Gasteiger partial charge in [0.1, 0.15) is 42.9 Å². The van der Waals surface area contributed by atoms with E-state index in [2.05, 4.69) is 4.90 Å². The molecule has 4 aliphatic heterocycles. The number of cyclic esters (lactones) is 1. The first-order valence-corrected chi connectivity index (χ1v) is 22.2. The van der Waals surface area contributed by atoms with Gasteiger partial charge in [-0.1, -0.05) is 31.2 Å². The molecule has 0 unspecified atom stereocenters. The Kier molecular flexibility index (Phi) is 20.0. The summed E-state index contributed by atoms with van der Waals surface area (Å²) in [4.78, 5) is 42.7. The van der Waals surface area contributed by atoms with E-state index >= 15 is 0 Å². The topological polar surface area (TPSA) is 201 Å². The largest absolute Gasteiger partial charge is 0.462 e. The molecule has 0 aromatic carbocycles. The molecule has 3 N–H and O–H groups in total. The number of nitrogens with zero attached hydrogens (tertiary/aromatic N) is 2. The van der Waals surface area contributed by atoms with Gasteiger partial charge in [0.05, 0.1) is 48.6 Å². The summed E-state index contributed by atoms with van der Waals surface area (Å²) in [5.74, 6) is -2.21.